The lowest BCUT2D eigenvalue weighted by Crippen LogP contribution is -2.01. The monoisotopic (exact) mass is 340 g/mol. The second-order valence-corrected chi connectivity index (χ2v) is 5.40. The third-order valence-corrected chi connectivity index (χ3v) is 3.67. The molecule has 0 fully saturated rings. The highest BCUT2D eigenvalue weighted by Gasteiger charge is 2.07. The first-order chi connectivity index (χ1) is 8.99. The van der Waals surface area contributed by atoms with Crippen LogP contribution >= 0.6 is 27.5 Å². The van der Waals surface area contributed by atoms with Crippen LogP contribution in [0.2, 0.25) is 5.02 Å². The van der Waals surface area contributed by atoms with E-state index in [1.54, 1.807) is 0 Å². The Balaban J connectivity index is 2.36. The molecule has 0 unspecified atom stereocenters. The van der Waals surface area contributed by atoms with Crippen molar-refractivity contribution in [2.75, 3.05) is 17.7 Å². The van der Waals surface area contributed by atoms with Gasteiger partial charge in [0.1, 0.15) is 17.5 Å². The Labute approximate surface area is 125 Å². The summed E-state index contributed by atoms with van der Waals surface area (Å²) in [6.45, 7) is 3.81. The summed E-state index contributed by atoms with van der Waals surface area (Å²) in [5, 5.41) is 6.95. The summed E-state index contributed by atoms with van der Waals surface area (Å²) in [5.41, 5.74) is 1.89. The third kappa shape index (κ3) is 3.36. The topological polar surface area (TPSA) is 49.8 Å². The summed E-state index contributed by atoms with van der Waals surface area (Å²) in [6.07, 6.45) is 0. The molecule has 0 atom stereocenters. The highest BCUT2D eigenvalue weighted by Crippen LogP contribution is 2.31. The third-order valence-electron chi connectivity index (χ3n) is 2.61. The van der Waals surface area contributed by atoms with E-state index in [4.69, 9.17) is 11.6 Å². The molecule has 1 aromatic heterocycles. The molecule has 2 N–H and O–H groups in total. The number of rotatable bonds is 3. The fourth-order valence-corrected chi connectivity index (χ4v) is 2.36. The summed E-state index contributed by atoms with van der Waals surface area (Å²) in [7, 11) is 1.82. The van der Waals surface area contributed by atoms with Gasteiger partial charge < -0.3 is 10.6 Å². The van der Waals surface area contributed by atoms with Gasteiger partial charge in [0, 0.05) is 22.6 Å². The van der Waals surface area contributed by atoms with E-state index in [1.165, 1.54) is 0 Å². The van der Waals surface area contributed by atoms with Crippen molar-refractivity contribution in [1.29, 1.82) is 0 Å². The molecule has 0 amide bonds. The van der Waals surface area contributed by atoms with E-state index in [2.05, 4.69) is 36.5 Å². The van der Waals surface area contributed by atoms with Crippen molar-refractivity contribution in [3.05, 3.63) is 39.1 Å². The van der Waals surface area contributed by atoms with Gasteiger partial charge in [0.2, 0.25) is 0 Å². The van der Waals surface area contributed by atoms with E-state index >= 15 is 0 Å². The lowest BCUT2D eigenvalue weighted by molar-refractivity contribution is 1.05. The highest BCUT2D eigenvalue weighted by molar-refractivity contribution is 9.10. The maximum absolute atomic E-state index is 6.14. The van der Waals surface area contributed by atoms with Gasteiger partial charge in [-0.05, 0) is 47.5 Å². The summed E-state index contributed by atoms with van der Waals surface area (Å²) in [6, 6.07) is 5.68. The van der Waals surface area contributed by atoms with Gasteiger partial charge in [-0.25, -0.2) is 9.97 Å². The Hall–Kier alpha value is -1.33. The van der Waals surface area contributed by atoms with E-state index in [0.717, 1.165) is 27.4 Å². The lowest BCUT2D eigenvalue weighted by Gasteiger charge is -2.11. The summed E-state index contributed by atoms with van der Waals surface area (Å²) in [5.74, 6) is 2.19. The van der Waals surface area contributed by atoms with Crippen LogP contribution in [0.3, 0.4) is 0 Å². The first kappa shape index (κ1) is 14.1. The Morgan fingerprint density at radius 3 is 2.47 bits per heavy atom. The number of nitrogens with zero attached hydrogens (tertiary/aromatic N) is 2. The van der Waals surface area contributed by atoms with Gasteiger partial charge in [-0.15, -0.1) is 0 Å². The van der Waals surface area contributed by atoms with Crippen molar-refractivity contribution < 1.29 is 0 Å². The van der Waals surface area contributed by atoms with Gasteiger partial charge in [0.05, 0.1) is 5.69 Å². The maximum Gasteiger partial charge on any atom is 0.136 e. The standard InChI is InChI=1S/C13H14BrClN4/c1-7-4-9(14)11(5-10(7)15)19-13-6-12(16-3)17-8(2)18-13/h4-6H,1-3H3,(H2,16,17,18,19). The normalized spacial score (nSPS) is 10.4. The first-order valence-corrected chi connectivity index (χ1v) is 6.93. The average molecular weight is 342 g/mol. The van der Waals surface area contributed by atoms with Crippen LogP contribution in [0.1, 0.15) is 11.4 Å². The van der Waals surface area contributed by atoms with Gasteiger partial charge in [0.25, 0.3) is 0 Å². The largest absolute Gasteiger partial charge is 0.373 e. The van der Waals surface area contributed by atoms with Crippen molar-refractivity contribution in [1.82, 2.24) is 9.97 Å². The lowest BCUT2D eigenvalue weighted by atomic mass is 10.2. The maximum atomic E-state index is 6.14. The first-order valence-electron chi connectivity index (χ1n) is 5.75. The fraction of sp³-hybridized carbons (Fsp3) is 0.231. The van der Waals surface area contributed by atoms with Crippen LogP contribution in [-0.2, 0) is 0 Å². The van der Waals surface area contributed by atoms with E-state index in [-0.39, 0.29) is 0 Å². The van der Waals surface area contributed by atoms with Crippen LogP contribution < -0.4 is 10.6 Å². The van der Waals surface area contributed by atoms with Crippen LogP contribution in [0, 0.1) is 13.8 Å². The predicted octanol–water partition coefficient (Wildman–Crippen LogP) is 4.29. The number of hydrogen-bond acceptors (Lipinski definition) is 4. The Bertz CT molecular complexity index is 616. The van der Waals surface area contributed by atoms with Crippen LogP contribution in [-0.4, -0.2) is 17.0 Å². The number of halogens is 2. The van der Waals surface area contributed by atoms with E-state index in [9.17, 15) is 0 Å². The molecule has 2 aromatic rings. The smallest absolute Gasteiger partial charge is 0.136 e. The van der Waals surface area contributed by atoms with Gasteiger partial charge in [0.15, 0.2) is 0 Å². The highest BCUT2D eigenvalue weighted by atomic mass is 79.9. The van der Waals surface area contributed by atoms with Gasteiger partial charge >= 0.3 is 0 Å². The molecule has 0 bridgehead atoms. The van der Waals surface area contributed by atoms with Crippen LogP contribution in [0.4, 0.5) is 17.3 Å². The second kappa shape index (κ2) is 5.75. The Kier molecular flexibility index (Phi) is 4.27. The molecule has 1 heterocycles. The molecule has 0 aliphatic heterocycles. The fourth-order valence-electron chi connectivity index (χ4n) is 1.64. The molecule has 100 valence electrons. The summed E-state index contributed by atoms with van der Waals surface area (Å²) >= 11 is 9.65. The van der Waals surface area contributed by atoms with Gasteiger partial charge in [-0.2, -0.15) is 0 Å². The predicted molar refractivity (Wildman–Crippen MR) is 83.5 cm³/mol. The number of anilines is 3. The van der Waals surface area contributed by atoms with E-state index < -0.39 is 0 Å². The molecule has 6 heteroatoms. The SMILES string of the molecule is CNc1cc(Nc2cc(Cl)c(C)cc2Br)nc(C)n1. The van der Waals surface area contributed by atoms with Crippen molar-refractivity contribution in [2.45, 2.75) is 13.8 Å². The zero-order valence-electron chi connectivity index (χ0n) is 10.9. The van der Waals surface area contributed by atoms with Crippen molar-refractivity contribution in [3.8, 4) is 0 Å². The minimum Gasteiger partial charge on any atom is -0.373 e. The Morgan fingerprint density at radius 1 is 1.11 bits per heavy atom. The molecule has 2 rings (SSSR count). The van der Waals surface area contributed by atoms with Crippen molar-refractivity contribution in [3.63, 3.8) is 0 Å². The molecular formula is C13H14BrClN4. The van der Waals surface area contributed by atoms with Crippen LogP contribution in [0.5, 0.6) is 0 Å². The number of benzene rings is 1. The quantitative estimate of drug-likeness (QED) is 0.874. The molecule has 19 heavy (non-hydrogen) atoms. The van der Waals surface area contributed by atoms with Crippen molar-refractivity contribution >= 4 is 44.9 Å². The average Bonchev–Trinajstić information content (AvgIpc) is 2.35. The van der Waals surface area contributed by atoms with Crippen molar-refractivity contribution in [2.24, 2.45) is 0 Å². The number of nitrogens with one attached hydrogen (secondary N) is 2. The zero-order valence-corrected chi connectivity index (χ0v) is 13.2. The molecule has 0 aliphatic rings. The van der Waals surface area contributed by atoms with Gasteiger partial charge in [-0.1, -0.05) is 11.6 Å². The second-order valence-electron chi connectivity index (χ2n) is 4.14. The van der Waals surface area contributed by atoms with Crippen LogP contribution in [0.25, 0.3) is 0 Å². The molecule has 1 aromatic carbocycles. The number of aryl methyl sites for hydroxylation is 2. The molecule has 0 saturated heterocycles. The number of hydrogen-bond donors (Lipinski definition) is 2. The van der Waals surface area contributed by atoms with E-state index in [0.29, 0.717) is 10.8 Å². The van der Waals surface area contributed by atoms with Gasteiger partial charge in [-0.3, -0.25) is 0 Å². The Morgan fingerprint density at radius 2 is 1.79 bits per heavy atom. The molecule has 0 saturated carbocycles. The minimum atomic E-state index is 0.698. The molecule has 4 nitrogen and oxygen atoms in total. The summed E-state index contributed by atoms with van der Waals surface area (Å²) in [4.78, 5) is 8.59. The summed E-state index contributed by atoms with van der Waals surface area (Å²) < 4.78 is 0.941. The molecule has 0 radical (unpaired) electrons. The van der Waals surface area contributed by atoms with E-state index in [1.807, 2.05) is 39.1 Å². The molecular weight excluding hydrogens is 328 g/mol. The van der Waals surface area contributed by atoms with Crippen LogP contribution in [0.15, 0.2) is 22.7 Å². The zero-order chi connectivity index (χ0) is 14.0. The molecule has 0 spiro atoms. The number of aromatic nitrogens is 2. The molecule has 0 aliphatic carbocycles. The minimum absolute atomic E-state index is 0.698.